The molecular weight excluding hydrogens is 368 g/mol. The average molecular weight is 399 g/mol. The van der Waals surface area contributed by atoms with Crippen molar-refractivity contribution in [3.63, 3.8) is 0 Å². The molecule has 29 heavy (non-hydrogen) atoms. The van der Waals surface area contributed by atoms with E-state index in [9.17, 15) is 4.79 Å². The van der Waals surface area contributed by atoms with Crippen LogP contribution in [0.2, 0.25) is 0 Å². The lowest BCUT2D eigenvalue weighted by molar-refractivity contribution is -0.122. The van der Waals surface area contributed by atoms with Gasteiger partial charge in [-0.1, -0.05) is 31.4 Å². The summed E-state index contributed by atoms with van der Waals surface area (Å²) < 4.78 is 15.9. The molecule has 1 fully saturated rings. The molecule has 2 aromatic rings. The van der Waals surface area contributed by atoms with Gasteiger partial charge in [0.05, 0.1) is 31.0 Å². The molecule has 0 spiro atoms. The second-order valence-corrected chi connectivity index (χ2v) is 7.51. The Labute approximate surface area is 172 Å². The largest absolute Gasteiger partial charge is 0.497 e. The Morgan fingerprint density at radius 1 is 1.10 bits per heavy atom. The molecule has 1 amide bonds. The highest BCUT2D eigenvalue weighted by Crippen LogP contribution is 2.41. The minimum Gasteiger partial charge on any atom is -0.497 e. The van der Waals surface area contributed by atoms with Crippen molar-refractivity contribution in [2.45, 2.75) is 44.4 Å². The molecule has 0 bridgehead atoms. The van der Waals surface area contributed by atoms with Crippen LogP contribution in [0.3, 0.4) is 0 Å². The van der Waals surface area contributed by atoms with Crippen molar-refractivity contribution in [2.24, 2.45) is 0 Å². The number of ether oxygens (including phenoxy) is 3. The van der Waals surface area contributed by atoms with E-state index in [1.807, 2.05) is 37.3 Å². The predicted molar refractivity (Wildman–Crippen MR) is 113 cm³/mol. The summed E-state index contributed by atoms with van der Waals surface area (Å²) in [5.41, 5.74) is 2.08. The summed E-state index contributed by atoms with van der Waals surface area (Å²) in [4.78, 5) is 17.8. The predicted octanol–water partition coefficient (Wildman–Crippen LogP) is 4.26. The Kier molecular flexibility index (Phi) is 7.09. The first-order chi connectivity index (χ1) is 14.1. The first kappa shape index (κ1) is 21.1. The van der Waals surface area contributed by atoms with Gasteiger partial charge in [0.25, 0.3) is 0 Å². The van der Waals surface area contributed by atoms with Gasteiger partial charge in [-0.2, -0.15) is 0 Å². The number of hydrogen-bond acceptors (Lipinski definition) is 5. The molecule has 1 aromatic heterocycles. The topological polar surface area (TPSA) is 69.7 Å². The van der Waals surface area contributed by atoms with Gasteiger partial charge in [0.15, 0.2) is 0 Å². The van der Waals surface area contributed by atoms with Crippen molar-refractivity contribution < 1.29 is 19.0 Å². The lowest BCUT2D eigenvalue weighted by Gasteiger charge is -2.36. The van der Waals surface area contributed by atoms with Crippen molar-refractivity contribution in [3.8, 4) is 11.6 Å². The van der Waals surface area contributed by atoms with Gasteiger partial charge in [-0.25, -0.2) is 4.98 Å². The molecule has 0 saturated heterocycles. The van der Waals surface area contributed by atoms with Gasteiger partial charge in [-0.05, 0) is 43.5 Å². The quantitative estimate of drug-likeness (QED) is 0.673. The van der Waals surface area contributed by atoms with Crippen molar-refractivity contribution in [1.82, 2.24) is 4.98 Å². The Balaban J connectivity index is 1.79. The van der Waals surface area contributed by atoms with Crippen LogP contribution in [0.5, 0.6) is 11.6 Å². The highest BCUT2D eigenvalue weighted by Gasteiger charge is 2.41. The number of carbonyl (C=O) groups is 1. The maximum Gasteiger partial charge on any atom is 0.235 e. The number of hydrogen-bond donors (Lipinski definition) is 1. The Morgan fingerprint density at radius 2 is 1.83 bits per heavy atom. The SMILES string of the molecule is COCCOc1ncc(NC(=O)C2(c3ccc(OC)cc3)CCCCC2)cc1C. The Hall–Kier alpha value is -2.60. The van der Waals surface area contributed by atoms with Gasteiger partial charge in [0, 0.05) is 12.7 Å². The van der Waals surface area contributed by atoms with E-state index < -0.39 is 5.41 Å². The summed E-state index contributed by atoms with van der Waals surface area (Å²) in [5, 5.41) is 3.10. The monoisotopic (exact) mass is 398 g/mol. The van der Waals surface area contributed by atoms with Crippen LogP contribution in [0.25, 0.3) is 0 Å². The summed E-state index contributed by atoms with van der Waals surface area (Å²) in [6, 6.07) is 9.78. The van der Waals surface area contributed by atoms with E-state index in [1.165, 1.54) is 6.42 Å². The molecule has 1 heterocycles. The molecule has 1 N–H and O–H groups in total. The molecule has 6 heteroatoms. The van der Waals surface area contributed by atoms with Crippen LogP contribution < -0.4 is 14.8 Å². The van der Waals surface area contributed by atoms with Gasteiger partial charge in [0.1, 0.15) is 12.4 Å². The fraction of sp³-hybridized carbons (Fsp3) is 0.478. The number of methoxy groups -OCH3 is 2. The van der Waals surface area contributed by atoms with E-state index >= 15 is 0 Å². The lowest BCUT2D eigenvalue weighted by Crippen LogP contribution is -2.42. The second-order valence-electron chi connectivity index (χ2n) is 7.51. The number of pyridine rings is 1. The fourth-order valence-electron chi connectivity index (χ4n) is 3.97. The van der Waals surface area contributed by atoms with E-state index in [2.05, 4.69) is 10.3 Å². The van der Waals surface area contributed by atoms with Crippen LogP contribution in [0.1, 0.15) is 43.2 Å². The van der Waals surface area contributed by atoms with Crippen molar-refractivity contribution >= 4 is 11.6 Å². The van der Waals surface area contributed by atoms with Gasteiger partial charge < -0.3 is 19.5 Å². The first-order valence-electron chi connectivity index (χ1n) is 10.1. The molecule has 1 saturated carbocycles. The number of rotatable bonds is 8. The van der Waals surface area contributed by atoms with Crippen LogP contribution in [0, 0.1) is 6.92 Å². The van der Waals surface area contributed by atoms with Crippen LogP contribution in [-0.4, -0.2) is 38.3 Å². The maximum absolute atomic E-state index is 13.4. The highest BCUT2D eigenvalue weighted by atomic mass is 16.5. The summed E-state index contributed by atoms with van der Waals surface area (Å²) in [7, 11) is 3.28. The number of nitrogens with zero attached hydrogens (tertiary/aromatic N) is 1. The fourth-order valence-corrected chi connectivity index (χ4v) is 3.97. The molecule has 6 nitrogen and oxygen atoms in total. The summed E-state index contributed by atoms with van der Waals surface area (Å²) in [6.07, 6.45) is 6.59. The zero-order valence-corrected chi connectivity index (χ0v) is 17.5. The van der Waals surface area contributed by atoms with Gasteiger partial charge >= 0.3 is 0 Å². The van der Waals surface area contributed by atoms with Crippen molar-refractivity contribution in [1.29, 1.82) is 0 Å². The van der Waals surface area contributed by atoms with Gasteiger partial charge in [-0.15, -0.1) is 0 Å². The summed E-state index contributed by atoms with van der Waals surface area (Å²) in [5.74, 6) is 1.38. The first-order valence-corrected chi connectivity index (χ1v) is 10.1. The van der Waals surface area contributed by atoms with E-state index in [0.29, 0.717) is 24.8 Å². The number of aromatic nitrogens is 1. The van der Waals surface area contributed by atoms with Gasteiger partial charge in [-0.3, -0.25) is 4.79 Å². The molecule has 0 radical (unpaired) electrons. The van der Waals surface area contributed by atoms with Crippen LogP contribution in [0.4, 0.5) is 5.69 Å². The third kappa shape index (κ3) is 4.88. The van der Waals surface area contributed by atoms with Crippen molar-refractivity contribution in [2.75, 3.05) is 32.8 Å². The molecule has 1 aromatic carbocycles. The molecule has 156 valence electrons. The van der Waals surface area contributed by atoms with Crippen LogP contribution in [-0.2, 0) is 14.9 Å². The lowest BCUT2D eigenvalue weighted by atomic mass is 9.68. The standard InChI is InChI=1S/C23H30N2O4/c1-17-15-19(16-24-21(17)29-14-13-27-2)25-22(26)23(11-5-4-6-12-23)18-7-9-20(28-3)10-8-18/h7-10,15-16H,4-6,11-14H2,1-3H3,(H,25,26). The average Bonchev–Trinajstić information content (AvgIpc) is 2.76. The van der Waals surface area contributed by atoms with Gasteiger partial charge in [0.2, 0.25) is 11.8 Å². The zero-order chi connectivity index (χ0) is 20.7. The summed E-state index contributed by atoms with van der Waals surface area (Å²) in [6.45, 7) is 2.87. The van der Waals surface area contributed by atoms with E-state index in [0.717, 1.165) is 42.6 Å². The Bertz CT molecular complexity index is 814. The minimum atomic E-state index is -0.522. The molecular formula is C23H30N2O4. The van der Waals surface area contributed by atoms with Crippen molar-refractivity contribution in [3.05, 3.63) is 47.7 Å². The molecule has 0 aliphatic heterocycles. The minimum absolute atomic E-state index is 0.0246. The second kappa shape index (κ2) is 9.74. The molecule has 0 unspecified atom stereocenters. The zero-order valence-electron chi connectivity index (χ0n) is 17.5. The van der Waals surface area contributed by atoms with E-state index in [-0.39, 0.29) is 5.91 Å². The molecule has 0 atom stereocenters. The molecule has 1 aliphatic carbocycles. The normalized spacial score (nSPS) is 15.6. The smallest absolute Gasteiger partial charge is 0.235 e. The number of aryl methyl sites for hydroxylation is 1. The highest BCUT2D eigenvalue weighted by molar-refractivity contribution is 5.99. The van der Waals surface area contributed by atoms with E-state index in [4.69, 9.17) is 14.2 Å². The Morgan fingerprint density at radius 3 is 2.45 bits per heavy atom. The number of amides is 1. The molecule has 3 rings (SSSR count). The van der Waals surface area contributed by atoms with Crippen LogP contribution >= 0.6 is 0 Å². The number of carbonyl (C=O) groups excluding carboxylic acids is 1. The number of anilines is 1. The number of nitrogens with one attached hydrogen (secondary N) is 1. The third-order valence-corrected chi connectivity index (χ3v) is 5.60. The number of benzene rings is 1. The summed E-state index contributed by atoms with van der Waals surface area (Å²) >= 11 is 0. The molecule has 1 aliphatic rings. The van der Waals surface area contributed by atoms with E-state index in [1.54, 1.807) is 20.4 Å². The maximum atomic E-state index is 13.4. The third-order valence-electron chi connectivity index (χ3n) is 5.60. The van der Waals surface area contributed by atoms with Crippen LogP contribution in [0.15, 0.2) is 36.5 Å².